The molecule has 1 fully saturated rings. The topological polar surface area (TPSA) is 30.5 Å². The molecule has 0 amide bonds. The molecular formula is C10H21NO2. The van der Waals surface area contributed by atoms with Crippen LogP contribution in [0.1, 0.15) is 26.7 Å². The lowest BCUT2D eigenvalue weighted by Gasteiger charge is -2.32. The Labute approximate surface area is 80.8 Å². The second-order valence-electron chi connectivity index (χ2n) is 3.87. The highest BCUT2D eigenvalue weighted by Crippen LogP contribution is 2.18. The first-order valence-corrected chi connectivity index (χ1v) is 5.10. The molecule has 0 aromatic rings. The van der Waals surface area contributed by atoms with Crippen molar-refractivity contribution in [1.82, 2.24) is 5.32 Å². The van der Waals surface area contributed by atoms with Gasteiger partial charge in [0, 0.05) is 19.7 Å². The Morgan fingerprint density at radius 2 is 1.92 bits per heavy atom. The second kappa shape index (κ2) is 5.58. The van der Waals surface area contributed by atoms with Crippen molar-refractivity contribution in [3.8, 4) is 0 Å². The summed E-state index contributed by atoms with van der Waals surface area (Å²) >= 11 is 0. The van der Waals surface area contributed by atoms with E-state index in [0.717, 1.165) is 26.0 Å². The van der Waals surface area contributed by atoms with E-state index in [1.807, 2.05) is 0 Å². The molecule has 1 aliphatic rings. The van der Waals surface area contributed by atoms with Crippen LogP contribution in [0.2, 0.25) is 0 Å². The van der Waals surface area contributed by atoms with Gasteiger partial charge in [0.1, 0.15) is 0 Å². The highest BCUT2D eigenvalue weighted by atomic mass is 16.5. The lowest BCUT2D eigenvalue weighted by Crippen LogP contribution is -2.42. The maximum Gasteiger partial charge on any atom is 0.0587 e. The molecule has 0 spiro atoms. The minimum atomic E-state index is 0.392. The third-order valence-electron chi connectivity index (χ3n) is 2.44. The van der Waals surface area contributed by atoms with Crippen molar-refractivity contribution < 1.29 is 9.47 Å². The van der Waals surface area contributed by atoms with E-state index in [0.29, 0.717) is 18.2 Å². The molecule has 0 aromatic heterocycles. The molecule has 0 aromatic carbocycles. The van der Waals surface area contributed by atoms with Crippen LogP contribution in [0.3, 0.4) is 0 Å². The van der Waals surface area contributed by atoms with Gasteiger partial charge < -0.3 is 14.8 Å². The molecule has 3 heteroatoms. The SMILES string of the molecule is COCCNC1C[C@H](C)O[C@@H](C)C1. The monoisotopic (exact) mass is 187 g/mol. The fraction of sp³-hybridized carbons (Fsp3) is 1.00. The van der Waals surface area contributed by atoms with Crippen molar-refractivity contribution in [2.24, 2.45) is 0 Å². The first-order valence-electron chi connectivity index (χ1n) is 5.10. The van der Waals surface area contributed by atoms with Gasteiger partial charge in [-0.15, -0.1) is 0 Å². The van der Waals surface area contributed by atoms with E-state index in [4.69, 9.17) is 9.47 Å². The minimum absolute atomic E-state index is 0.392. The van der Waals surface area contributed by atoms with Crippen LogP contribution in [0.15, 0.2) is 0 Å². The lowest BCUT2D eigenvalue weighted by atomic mass is 10.00. The zero-order valence-electron chi connectivity index (χ0n) is 8.88. The molecule has 1 rings (SSSR count). The number of hydrogen-bond acceptors (Lipinski definition) is 3. The Bertz CT molecular complexity index is 131. The van der Waals surface area contributed by atoms with Gasteiger partial charge in [-0.3, -0.25) is 0 Å². The van der Waals surface area contributed by atoms with Gasteiger partial charge in [-0.25, -0.2) is 0 Å². The van der Waals surface area contributed by atoms with Crippen molar-refractivity contribution in [2.75, 3.05) is 20.3 Å². The number of methoxy groups -OCH3 is 1. The summed E-state index contributed by atoms with van der Waals surface area (Å²) in [5.41, 5.74) is 0. The van der Waals surface area contributed by atoms with Gasteiger partial charge in [0.05, 0.1) is 18.8 Å². The molecular weight excluding hydrogens is 166 g/mol. The van der Waals surface area contributed by atoms with Crippen molar-refractivity contribution in [1.29, 1.82) is 0 Å². The first-order chi connectivity index (χ1) is 6.22. The van der Waals surface area contributed by atoms with Crippen LogP contribution < -0.4 is 5.32 Å². The second-order valence-corrected chi connectivity index (χ2v) is 3.87. The fourth-order valence-corrected chi connectivity index (χ4v) is 1.94. The third kappa shape index (κ3) is 4.07. The quantitative estimate of drug-likeness (QED) is 0.670. The summed E-state index contributed by atoms with van der Waals surface area (Å²) in [7, 11) is 1.73. The van der Waals surface area contributed by atoms with E-state index < -0.39 is 0 Å². The average molecular weight is 187 g/mol. The van der Waals surface area contributed by atoms with Crippen LogP contribution >= 0.6 is 0 Å². The minimum Gasteiger partial charge on any atom is -0.383 e. The molecule has 3 nitrogen and oxygen atoms in total. The molecule has 0 radical (unpaired) electrons. The predicted molar refractivity (Wildman–Crippen MR) is 52.9 cm³/mol. The van der Waals surface area contributed by atoms with Gasteiger partial charge in [-0.05, 0) is 26.7 Å². The summed E-state index contributed by atoms with van der Waals surface area (Å²) < 4.78 is 10.6. The van der Waals surface area contributed by atoms with Crippen LogP contribution in [0.5, 0.6) is 0 Å². The molecule has 2 atom stereocenters. The van der Waals surface area contributed by atoms with Crippen molar-refractivity contribution in [3.05, 3.63) is 0 Å². The van der Waals surface area contributed by atoms with E-state index >= 15 is 0 Å². The molecule has 1 heterocycles. The largest absolute Gasteiger partial charge is 0.383 e. The number of nitrogens with one attached hydrogen (secondary N) is 1. The van der Waals surface area contributed by atoms with E-state index in [2.05, 4.69) is 19.2 Å². The third-order valence-corrected chi connectivity index (χ3v) is 2.44. The molecule has 0 unspecified atom stereocenters. The Morgan fingerprint density at radius 3 is 2.46 bits per heavy atom. The normalized spacial score (nSPS) is 34.8. The van der Waals surface area contributed by atoms with Crippen LogP contribution in [0.25, 0.3) is 0 Å². The van der Waals surface area contributed by atoms with Gasteiger partial charge in [-0.2, -0.15) is 0 Å². The summed E-state index contributed by atoms with van der Waals surface area (Å²) in [4.78, 5) is 0. The summed E-state index contributed by atoms with van der Waals surface area (Å²) in [6.07, 6.45) is 3.02. The molecule has 0 bridgehead atoms. The van der Waals surface area contributed by atoms with Gasteiger partial charge in [0.2, 0.25) is 0 Å². The van der Waals surface area contributed by atoms with Gasteiger partial charge in [0.25, 0.3) is 0 Å². The van der Waals surface area contributed by atoms with Crippen molar-refractivity contribution >= 4 is 0 Å². The smallest absolute Gasteiger partial charge is 0.0587 e. The standard InChI is InChI=1S/C10H21NO2/c1-8-6-10(7-9(2)13-8)11-4-5-12-3/h8-11H,4-7H2,1-3H3/t8-,9-/m0/s1. The van der Waals surface area contributed by atoms with Crippen molar-refractivity contribution in [3.63, 3.8) is 0 Å². The fourth-order valence-electron chi connectivity index (χ4n) is 1.94. The van der Waals surface area contributed by atoms with E-state index in [1.54, 1.807) is 7.11 Å². The molecule has 13 heavy (non-hydrogen) atoms. The van der Waals surface area contributed by atoms with E-state index in [9.17, 15) is 0 Å². The van der Waals surface area contributed by atoms with Crippen molar-refractivity contribution in [2.45, 2.75) is 44.9 Å². The average Bonchev–Trinajstić information content (AvgIpc) is 2.03. The highest BCUT2D eigenvalue weighted by molar-refractivity contribution is 4.78. The number of rotatable bonds is 4. The molecule has 0 aliphatic carbocycles. The Hall–Kier alpha value is -0.120. The number of ether oxygens (including phenoxy) is 2. The maximum absolute atomic E-state index is 5.65. The van der Waals surface area contributed by atoms with Crippen LogP contribution in [-0.2, 0) is 9.47 Å². The summed E-state index contributed by atoms with van der Waals surface area (Å²) in [5, 5.41) is 3.48. The van der Waals surface area contributed by atoms with Crippen LogP contribution in [-0.4, -0.2) is 38.5 Å². The van der Waals surface area contributed by atoms with E-state index in [1.165, 1.54) is 0 Å². The summed E-state index contributed by atoms with van der Waals surface area (Å²) in [5.74, 6) is 0. The predicted octanol–water partition coefficient (Wildman–Crippen LogP) is 1.18. The maximum atomic E-state index is 5.65. The molecule has 1 saturated heterocycles. The molecule has 1 N–H and O–H groups in total. The van der Waals surface area contributed by atoms with E-state index in [-0.39, 0.29) is 0 Å². The zero-order valence-corrected chi connectivity index (χ0v) is 8.88. The Kier molecular flexibility index (Phi) is 4.70. The zero-order chi connectivity index (χ0) is 9.68. The summed E-state index contributed by atoms with van der Waals surface area (Å²) in [6.45, 7) is 6.02. The van der Waals surface area contributed by atoms with Gasteiger partial charge in [0.15, 0.2) is 0 Å². The first kappa shape index (κ1) is 11.0. The van der Waals surface area contributed by atoms with Crippen LogP contribution in [0.4, 0.5) is 0 Å². The lowest BCUT2D eigenvalue weighted by molar-refractivity contribution is -0.0425. The number of hydrogen-bond donors (Lipinski definition) is 1. The Morgan fingerprint density at radius 1 is 1.31 bits per heavy atom. The summed E-state index contributed by atoms with van der Waals surface area (Å²) in [6, 6.07) is 0.605. The molecule has 1 aliphatic heterocycles. The van der Waals surface area contributed by atoms with Gasteiger partial charge >= 0.3 is 0 Å². The molecule has 0 saturated carbocycles. The molecule has 78 valence electrons. The highest BCUT2D eigenvalue weighted by Gasteiger charge is 2.23. The van der Waals surface area contributed by atoms with Crippen LogP contribution in [0, 0.1) is 0 Å². The van der Waals surface area contributed by atoms with Gasteiger partial charge in [-0.1, -0.05) is 0 Å². The Balaban J connectivity index is 2.17.